The van der Waals surface area contributed by atoms with Gasteiger partial charge >= 0.3 is 0 Å². The van der Waals surface area contributed by atoms with E-state index in [0.717, 1.165) is 5.56 Å². The topological polar surface area (TPSA) is 12.0 Å². The molecule has 1 fully saturated rings. The fraction of sp³-hybridized carbons (Fsp3) is 0.294. The van der Waals surface area contributed by atoms with Gasteiger partial charge < -0.3 is 5.32 Å². The van der Waals surface area contributed by atoms with E-state index in [1.54, 1.807) is 12.1 Å². The minimum atomic E-state index is -0.225. The molecule has 0 amide bonds. The van der Waals surface area contributed by atoms with Gasteiger partial charge in [-0.25, -0.2) is 8.78 Å². The second kappa shape index (κ2) is 5.71. The van der Waals surface area contributed by atoms with Crippen LogP contribution in [0.3, 0.4) is 0 Å². The highest BCUT2D eigenvalue weighted by Gasteiger charge is 2.32. The molecule has 0 aliphatic heterocycles. The third-order valence-corrected chi connectivity index (χ3v) is 3.79. The standard InChI is InChI=1S/C17H17F2N/c18-15-9-7-13(8-10-15)17(12-5-6-12)20-11-14-3-1-2-4-16(14)19/h1-4,7-10,12,17,20H,5-6,11H2. The summed E-state index contributed by atoms with van der Waals surface area (Å²) in [7, 11) is 0. The number of nitrogens with one attached hydrogen (secondary N) is 1. The van der Waals surface area contributed by atoms with Crippen LogP contribution in [0.25, 0.3) is 0 Å². The molecule has 0 radical (unpaired) electrons. The maximum absolute atomic E-state index is 13.6. The van der Waals surface area contributed by atoms with Crippen molar-refractivity contribution in [3.05, 3.63) is 71.3 Å². The van der Waals surface area contributed by atoms with Gasteiger partial charge in [-0.2, -0.15) is 0 Å². The van der Waals surface area contributed by atoms with E-state index < -0.39 is 0 Å². The van der Waals surface area contributed by atoms with Crippen LogP contribution in [0.2, 0.25) is 0 Å². The molecule has 0 aromatic heterocycles. The Kier molecular flexibility index (Phi) is 3.79. The van der Waals surface area contributed by atoms with Gasteiger partial charge in [0.25, 0.3) is 0 Å². The maximum Gasteiger partial charge on any atom is 0.127 e. The SMILES string of the molecule is Fc1ccc(C(NCc2ccccc2F)C2CC2)cc1. The van der Waals surface area contributed by atoms with Crippen molar-refractivity contribution in [1.82, 2.24) is 5.32 Å². The van der Waals surface area contributed by atoms with Gasteiger partial charge in [-0.1, -0.05) is 30.3 Å². The molecule has 1 nitrogen and oxygen atoms in total. The Morgan fingerprint density at radius 3 is 2.35 bits per heavy atom. The highest BCUT2D eigenvalue weighted by atomic mass is 19.1. The summed E-state index contributed by atoms with van der Waals surface area (Å²) in [6.07, 6.45) is 2.35. The second-order valence-corrected chi connectivity index (χ2v) is 5.34. The molecule has 1 saturated carbocycles. The molecule has 1 atom stereocenters. The van der Waals surface area contributed by atoms with E-state index in [0.29, 0.717) is 18.0 Å². The average molecular weight is 273 g/mol. The Morgan fingerprint density at radius 2 is 1.70 bits per heavy atom. The summed E-state index contributed by atoms with van der Waals surface area (Å²) in [4.78, 5) is 0. The number of hydrogen-bond donors (Lipinski definition) is 1. The molecule has 0 spiro atoms. The van der Waals surface area contributed by atoms with Crippen LogP contribution >= 0.6 is 0 Å². The minimum absolute atomic E-state index is 0.176. The molecular formula is C17H17F2N. The van der Waals surface area contributed by atoms with Crippen molar-refractivity contribution in [3.8, 4) is 0 Å². The molecule has 0 bridgehead atoms. The highest BCUT2D eigenvalue weighted by Crippen LogP contribution is 2.41. The van der Waals surface area contributed by atoms with E-state index in [1.165, 1.54) is 31.0 Å². The van der Waals surface area contributed by atoms with Crippen LogP contribution in [0, 0.1) is 17.6 Å². The fourth-order valence-corrected chi connectivity index (χ4v) is 2.52. The van der Waals surface area contributed by atoms with Gasteiger partial charge in [0, 0.05) is 18.2 Å². The largest absolute Gasteiger partial charge is 0.306 e. The van der Waals surface area contributed by atoms with Gasteiger partial charge in [-0.15, -0.1) is 0 Å². The number of hydrogen-bond acceptors (Lipinski definition) is 1. The van der Waals surface area contributed by atoms with Crippen LogP contribution in [0.15, 0.2) is 48.5 Å². The lowest BCUT2D eigenvalue weighted by atomic mass is 10.0. The molecule has 3 rings (SSSR count). The molecule has 1 unspecified atom stereocenters. The van der Waals surface area contributed by atoms with Crippen molar-refractivity contribution in [2.45, 2.75) is 25.4 Å². The van der Waals surface area contributed by atoms with E-state index in [-0.39, 0.29) is 17.7 Å². The molecule has 104 valence electrons. The Balaban J connectivity index is 1.72. The first kappa shape index (κ1) is 13.3. The highest BCUT2D eigenvalue weighted by molar-refractivity contribution is 5.23. The van der Waals surface area contributed by atoms with Crippen LogP contribution in [-0.4, -0.2) is 0 Å². The first-order chi connectivity index (χ1) is 9.74. The molecule has 2 aromatic rings. The molecule has 3 heteroatoms. The average Bonchev–Trinajstić information content (AvgIpc) is 3.27. The first-order valence-corrected chi connectivity index (χ1v) is 6.96. The smallest absolute Gasteiger partial charge is 0.127 e. The molecule has 20 heavy (non-hydrogen) atoms. The van der Waals surface area contributed by atoms with Gasteiger partial charge in [0.1, 0.15) is 11.6 Å². The van der Waals surface area contributed by atoms with Gasteiger partial charge in [-0.3, -0.25) is 0 Å². The van der Waals surface area contributed by atoms with Crippen molar-refractivity contribution in [1.29, 1.82) is 0 Å². The van der Waals surface area contributed by atoms with Gasteiger partial charge in [0.2, 0.25) is 0 Å². The Morgan fingerprint density at radius 1 is 1.00 bits per heavy atom. The normalized spacial score (nSPS) is 16.1. The zero-order chi connectivity index (χ0) is 13.9. The van der Waals surface area contributed by atoms with E-state index in [4.69, 9.17) is 0 Å². The summed E-state index contributed by atoms with van der Waals surface area (Å²) in [6, 6.07) is 13.6. The summed E-state index contributed by atoms with van der Waals surface area (Å²) in [5.41, 5.74) is 1.74. The third kappa shape index (κ3) is 3.05. The third-order valence-electron chi connectivity index (χ3n) is 3.79. The summed E-state index contributed by atoms with van der Waals surface area (Å²) in [5, 5.41) is 3.41. The zero-order valence-corrected chi connectivity index (χ0v) is 11.2. The van der Waals surface area contributed by atoms with Crippen molar-refractivity contribution in [3.63, 3.8) is 0 Å². The van der Waals surface area contributed by atoms with Gasteiger partial charge in [0.05, 0.1) is 0 Å². The van der Waals surface area contributed by atoms with E-state index in [2.05, 4.69) is 5.32 Å². The van der Waals surface area contributed by atoms with Crippen LogP contribution in [-0.2, 0) is 6.54 Å². The summed E-state index contributed by atoms with van der Waals surface area (Å²) < 4.78 is 26.6. The Hall–Kier alpha value is -1.74. The number of rotatable bonds is 5. The summed E-state index contributed by atoms with van der Waals surface area (Å²) >= 11 is 0. The lowest BCUT2D eigenvalue weighted by molar-refractivity contribution is 0.470. The van der Waals surface area contributed by atoms with Crippen molar-refractivity contribution in [2.75, 3.05) is 0 Å². The Labute approximate surface area is 117 Å². The number of halogens is 2. The molecule has 1 N–H and O–H groups in total. The van der Waals surface area contributed by atoms with Crippen LogP contribution < -0.4 is 5.32 Å². The quantitative estimate of drug-likeness (QED) is 0.860. The fourth-order valence-electron chi connectivity index (χ4n) is 2.52. The molecule has 0 saturated heterocycles. The van der Waals surface area contributed by atoms with Crippen molar-refractivity contribution in [2.24, 2.45) is 5.92 Å². The predicted molar refractivity (Wildman–Crippen MR) is 75.1 cm³/mol. The molecular weight excluding hydrogens is 256 g/mol. The van der Waals surface area contributed by atoms with E-state index in [1.807, 2.05) is 18.2 Å². The van der Waals surface area contributed by atoms with Crippen LogP contribution in [0.1, 0.15) is 30.0 Å². The lowest BCUT2D eigenvalue weighted by Gasteiger charge is -2.19. The molecule has 1 aliphatic rings. The molecule has 2 aromatic carbocycles. The van der Waals surface area contributed by atoms with Gasteiger partial charge in [-0.05, 0) is 42.5 Å². The van der Waals surface area contributed by atoms with Crippen LogP contribution in [0.4, 0.5) is 8.78 Å². The van der Waals surface area contributed by atoms with Crippen molar-refractivity contribution < 1.29 is 8.78 Å². The predicted octanol–water partition coefficient (Wildman–Crippen LogP) is 4.21. The lowest BCUT2D eigenvalue weighted by Crippen LogP contribution is -2.23. The maximum atomic E-state index is 13.6. The van der Waals surface area contributed by atoms with Crippen LogP contribution in [0.5, 0.6) is 0 Å². The van der Waals surface area contributed by atoms with Gasteiger partial charge in [0.15, 0.2) is 0 Å². The van der Waals surface area contributed by atoms with Crippen molar-refractivity contribution >= 4 is 0 Å². The molecule has 0 heterocycles. The van der Waals surface area contributed by atoms with E-state index in [9.17, 15) is 8.78 Å². The zero-order valence-electron chi connectivity index (χ0n) is 11.2. The second-order valence-electron chi connectivity index (χ2n) is 5.34. The summed E-state index contributed by atoms with van der Waals surface area (Å²) in [5.74, 6) is 0.165. The minimum Gasteiger partial charge on any atom is -0.306 e. The monoisotopic (exact) mass is 273 g/mol. The van der Waals surface area contributed by atoms with E-state index >= 15 is 0 Å². The first-order valence-electron chi connectivity index (χ1n) is 6.96. The Bertz CT molecular complexity index is 576. The molecule has 1 aliphatic carbocycles. The summed E-state index contributed by atoms with van der Waals surface area (Å²) in [6.45, 7) is 0.491. The number of benzene rings is 2.